The van der Waals surface area contributed by atoms with E-state index in [2.05, 4.69) is 15.0 Å². The molecule has 2 aromatic carbocycles. The predicted octanol–water partition coefficient (Wildman–Crippen LogP) is 2.03. The van der Waals surface area contributed by atoms with E-state index in [1.54, 1.807) is 31.1 Å². The van der Waals surface area contributed by atoms with E-state index in [9.17, 15) is 13.2 Å². The number of anilines is 3. The van der Waals surface area contributed by atoms with Crippen molar-refractivity contribution in [2.45, 2.75) is 17.9 Å². The van der Waals surface area contributed by atoms with Gasteiger partial charge in [0.25, 0.3) is 10.0 Å². The number of nitrogens with zero attached hydrogens (tertiary/aromatic N) is 5. The van der Waals surface area contributed by atoms with Crippen LogP contribution in [0.1, 0.15) is 17.0 Å². The lowest BCUT2D eigenvalue weighted by molar-refractivity contribution is -0.139. The Balaban J connectivity index is 1.39. The third-order valence-electron chi connectivity index (χ3n) is 5.16. The first-order valence-electron chi connectivity index (χ1n) is 10.5. The lowest BCUT2D eigenvalue weighted by atomic mass is 10.2. The monoisotopic (exact) mass is 480 g/mol. The van der Waals surface area contributed by atoms with E-state index in [-0.39, 0.29) is 23.3 Å². The molecule has 0 aliphatic carbocycles. The average molecular weight is 481 g/mol. The molecule has 1 aliphatic rings. The molecule has 10 nitrogen and oxygen atoms in total. The molecule has 0 spiro atoms. The molecular weight excluding hydrogens is 456 g/mol. The molecule has 1 aliphatic heterocycles. The van der Waals surface area contributed by atoms with Crippen molar-refractivity contribution in [3.8, 4) is 0 Å². The maximum absolute atomic E-state index is 13.1. The number of aromatic nitrogens is 3. The minimum Gasteiger partial charge on any atom is -0.454 e. The van der Waals surface area contributed by atoms with Crippen LogP contribution in [-0.4, -0.2) is 50.0 Å². The van der Waals surface area contributed by atoms with Gasteiger partial charge in [0.15, 0.2) is 12.4 Å². The Bertz CT molecular complexity index is 1340. The number of carbonyl (C=O) groups excluding carboxylic acids is 1. The number of benzene rings is 2. The zero-order valence-electron chi connectivity index (χ0n) is 18.7. The molecular formula is C23H24N6O4S. The number of carbonyl (C=O) groups is 1. The molecule has 0 atom stereocenters. The quantitative estimate of drug-likeness (QED) is 0.398. The molecule has 2 heterocycles. The minimum absolute atomic E-state index is 0.0350. The fraction of sp³-hybridized carbons (Fsp3) is 0.217. The predicted molar refractivity (Wildman–Crippen MR) is 129 cm³/mol. The molecule has 0 fully saturated rings. The van der Waals surface area contributed by atoms with Crippen LogP contribution < -0.4 is 14.9 Å². The Morgan fingerprint density at radius 3 is 2.59 bits per heavy atom. The van der Waals surface area contributed by atoms with Gasteiger partial charge in [-0.15, -0.1) is 0 Å². The molecule has 0 unspecified atom stereocenters. The van der Waals surface area contributed by atoms with Gasteiger partial charge in [0.1, 0.15) is 0 Å². The highest BCUT2D eigenvalue weighted by atomic mass is 32.2. The van der Waals surface area contributed by atoms with Gasteiger partial charge in [-0.3, -0.25) is 4.31 Å². The van der Waals surface area contributed by atoms with Gasteiger partial charge < -0.3 is 15.4 Å². The van der Waals surface area contributed by atoms with E-state index in [0.29, 0.717) is 30.2 Å². The van der Waals surface area contributed by atoms with Gasteiger partial charge >= 0.3 is 5.97 Å². The van der Waals surface area contributed by atoms with Crippen molar-refractivity contribution < 1.29 is 17.9 Å². The Hall–Kier alpha value is -3.99. The van der Waals surface area contributed by atoms with E-state index in [1.807, 2.05) is 24.3 Å². The summed E-state index contributed by atoms with van der Waals surface area (Å²) in [5.74, 6) is 0.0288. The molecule has 0 bridgehead atoms. The van der Waals surface area contributed by atoms with Crippen LogP contribution in [0.4, 0.5) is 17.6 Å². The van der Waals surface area contributed by atoms with Crippen LogP contribution >= 0.6 is 0 Å². The summed E-state index contributed by atoms with van der Waals surface area (Å²) in [5, 5.41) is 0. The number of rotatable bonds is 7. The summed E-state index contributed by atoms with van der Waals surface area (Å²) in [6, 6.07) is 13.8. The molecule has 0 radical (unpaired) electrons. The average Bonchev–Trinajstić information content (AvgIpc) is 3.26. The fourth-order valence-electron chi connectivity index (χ4n) is 3.47. The third-order valence-corrected chi connectivity index (χ3v) is 6.98. The van der Waals surface area contributed by atoms with Crippen LogP contribution in [0.15, 0.2) is 59.5 Å². The zero-order chi connectivity index (χ0) is 24.3. The summed E-state index contributed by atoms with van der Waals surface area (Å²) in [6.07, 6.45) is 3.47. The molecule has 0 saturated heterocycles. The highest BCUT2D eigenvalue weighted by Gasteiger charge is 2.30. The van der Waals surface area contributed by atoms with Gasteiger partial charge in [0.2, 0.25) is 11.9 Å². The number of hydrogen-bond acceptors (Lipinski definition) is 9. The topological polar surface area (TPSA) is 132 Å². The molecule has 176 valence electrons. The fourth-order valence-corrected chi connectivity index (χ4v) is 4.98. The second-order valence-corrected chi connectivity index (χ2v) is 9.63. The van der Waals surface area contributed by atoms with E-state index >= 15 is 0 Å². The van der Waals surface area contributed by atoms with Crippen molar-refractivity contribution in [2.75, 3.05) is 35.6 Å². The standard InChI is InChI=1S/C23H24N6O4S/c1-28(2)23-26-20(25-22(24)27-23)15-33-21(30)12-9-16-7-10-18(11-8-16)34(31,32)29-14-13-17-5-3-4-6-19(17)29/h3-12H,13-15H2,1-2H3,(H2,24,25,26,27)/b12-9+. The van der Waals surface area contributed by atoms with Crippen LogP contribution in [0.5, 0.6) is 0 Å². The van der Waals surface area contributed by atoms with Crippen LogP contribution in [0.25, 0.3) is 6.08 Å². The van der Waals surface area contributed by atoms with Crippen molar-refractivity contribution in [3.63, 3.8) is 0 Å². The molecule has 1 aromatic heterocycles. The maximum atomic E-state index is 13.1. The van der Waals surface area contributed by atoms with Gasteiger partial charge in [0.05, 0.1) is 10.6 Å². The number of esters is 1. The molecule has 3 aromatic rings. The van der Waals surface area contributed by atoms with Crippen LogP contribution in [-0.2, 0) is 32.6 Å². The second kappa shape index (κ2) is 9.48. The van der Waals surface area contributed by atoms with Gasteiger partial charge in [-0.1, -0.05) is 30.3 Å². The number of ether oxygens (including phenoxy) is 1. The Labute approximate surface area is 197 Å². The lowest BCUT2D eigenvalue weighted by Gasteiger charge is -2.19. The number of nitrogens with two attached hydrogens (primary N) is 1. The zero-order valence-corrected chi connectivity index (χ0v) is 19.6. The van der Waals surface area contributed by atoms with E-state index in [0.717, 1.165) is 5.56 Å². The highest BCUT2D eigenvalue weighted by molar-refractivity contribution is 7.92. The van der Waals surface area contributed by atoms with Crippen molar-refractivity contribution >= 4 is 39.7 Å². The molecule has 11 heteroatoms. The maximum Gasteiger partial charge on any atom is 0.331 e. The summed E-state index contributed by atoms with van der Waals surface area (Å²) in [5.41, 5.74) is 8.04. The number of para-hydroxylation sites is 1. The molecule has 34 heavy (non-hydrogen) atoms. The van der Waals surface area contributed by atoms with Crippen LogP contribution in [0.2, 0.25) is 0 Å². The molecule has 4 rings (SSSR count). The second-order valence-electron chi connectivity index (χ2n) is 7.77. The van der Waals surface area contributed by atoms with E-state index < -0.39 is 16.0 Å². The van der Waals surface area contributed by atoms with E-state index in [4.69, 9.17) is 10.5 Å². The van der Waals surface area contributed by atoms with Gasteiger partial charge in [0, 0.05) is 26.7 Å². The molecule has 2 N–H and O–H groups in total. The van der Waals surface area contributed by atoms with Gasteiger partial charge in [-0.05, 0) is 41.8 Å². The van der Waals surface area contributed by atoms with Gasteiger partial charge in [-0.2, -0.15) is 15.0 Å². The summed E-state index contributed by atoms with van der Waals surface area (Å²) in [6.45, 7) is 0.253. The minimum atomic E-state index is -3.67. The summed E-state index contributed by atoms with van der Waals surface area (Å²) in [4.78, 5) is 26.0. The Morgan fingerprint density at radius 1 is 1.12 bits per heavy atom. The smallest absolute Gasteiger partial charge is 0.331 e. The first-order chi connectivity index (χ1) is 16.2. The van der Waals surface area contributed by atoms with Crippen LogP contribution in [0, 0.1) is 0 Å². The number of fused-ring (bicyclic) bond motifs is 1. The highest BCUT2D eigenvalue weighted by Crippen LogP contribution is 2.32. The van der Waals surface area contributed by atoms with E-state index in [1.165, 1.54) is 28.6 Å². The SMILES string of the molecule is CN(C)c1nc(N)nc(COC(=O)/C=C/c2ccc(S(=O)(=O)N3CCc4ccccc43)cc2)n1. The summed E-state index contributed by atoms with van der Waals surface area (Å²) in [7, 11) is -0.152. The molecule has 0 saturated carbocycles. The summed E-state index contributed by atoms with van der Waals surface area (Å²) < 4.78 is 32.8. The Kier molecular flexibility index (Phi) is 6.46. The van der Waals surface area contributed by atoms with Crippen molar-refractivity contribution in [3.05, 3.63) is 71.6 Å². The third kappa shape index (κ3) is 4.99. The first kappa shape index (κ1) is 23.2. The van der Waals surface area contributed by atoms with Crippen molar-refractivity contribution in [1.29, 1.82) is 0 Å². The normalized spacial score (nSPS) is 13.2. The van der Waals surface area contributed by atoms with Gasteiger partial charge in [-0.25, -0.2) is 13.2 Å². The van der Waals surface area contributed by atoms with Crippen molar-refractivity contribution in [1.82, 2.24) is 15.0 Å². The van der Waals surface area contributed by atoms with Crippen LogP contribution in [0.3, 0.4) is 0 Å². The number of nitrogen functional groups attached to an aromatic ring is 1. The molecule has 0 amide bonds. The number of sulfonamides is 1. The largest absolute Gasteiger partial charge is 0.454 e. The lowest BCUT2D eigenvalue weighted by Crippen LogP contribution is -2.29. The first-order valence-corrected chi connectivity index (χ1v) is 11.9. The Morgan fingerprint density at radius 2 is 1.85 bits per heavy atom. The number of hydrogen-bond donors (Lipinski definition) is 1. The summed E-state index contributed by atoms with van der Waals surface area (Å²) >= 11 is 0. The van der Waals surface area contributed by atoms with Crippen molar-refractivity contribution in [2.24, 2.45) is 0 Å².